The summed E-state index contributed by atoms with van der Waals surface area (Å²) in [6.07, 6.45) is 6.45. The van der Waals surface area contributed by atoms with Gasteiger partial charge in [0.05, 0.1) is 11.5 Å². The number of ether oxygens (including phenoxy) is 1. The summed E-state index contributed by atoms with van der Waals surface area (Å²) in [6, 6.07) is 9.47. The maximum atomic E-state index is 12.8. The first-order valence-corrected chi connectivity index (χ1v) is 9.53. The molecule has 138 valence electrons. The van der Waals surface area contributed by atoms with E-state index in [-0.39, 0.29) is 12.6 Å². The Balaban J connectivity index is 1.65. The van der Waals surface area contributed by atoms with Crippen molar-refractivity contribution < 1.29 is 14.3 Å². The second-order valence-corrected chi connectivity index (χ2v) is 7.76. The normalized spacial score (nSPS) is 20.3. The molecule has 0 saturated heterocycles. The number of rotatable bonds is 5. The molecular formula is C20H23ClN2O3. The van der Waals surface area contributed by atoms with Crippen LogP contribution in [0.5, 0.6) is 0 Å². The zero-order chi connectivity index (χ0) is 18.6. The Labute approximate surface area is 158 Å². The number of benzene rings is 1. The van der Waals surface area contributed by atoms with E-state index in [1.165, 1.54) is 0 Å². The van der Waals surface area contributed by atoms with E-state index in [0.29, 0.717) is 30.7 Å². The van der Waals surface area contributed by atoms with E-state index in [2.05, 4.69) is 11.4 Å². The van der Waals surface area contributed by atoms with Gasteiger partial charge in [-0.3, -0.25) is 9.59 Å². The van der Waals surface area contributed by atoms with E-state index in [0.717, 1.165) is 31.2 Å². The van der Waals surface area contributed by atoms with E-state index in [1.54, 1.807) is 12.1 Å². The zero-order valence-corrected chi connectivity index (χ0v) is 15.5. The van der Waals surface area contributed by atoms with Crippen LogP contribution in [0.3, 0.4) is 0 Å². The minimum Gasteiger partial charge on any atom is -0.455 e. The van der Waals surface area contributed by atoms with Gasteiger partial charge in [0.25, 0.3) is 5.91 Å². The van der Waals surface area contributed by atoms with Crippen molar-refractivity contribution in [1.29, 1.82) is 5.26 Å². The summed E-state index contributed by atoms with van der Waals surface area (Å²) in [6.45, 7) is -0.350. The molecule has 0 aliphatic heterocycles. The molecule has 0 bridgehead atoms. The number of nitriles is 1. The zero-order valence-electron chi connectivity index (χ0n) is 14.7. The highest BCUT2D eigenvalue weighted by Crippen LogP contribution is 2.42. The molecule has 1 amide bonds. The summed E-state index contributed by atoms with van der Waals surface area (Å²) >= 11 is 5.96. The number of hydrogen-bond donors (Lipinski definition) is 1. The van der Waals surface area contributed by atoms with E-state index >= 15 is 0 Å². The lowest BCUT2D eigenvalue weighted by Gasteiger charge is -2.28. The molecule has 26 heavy (non-hydrogen) atoms. The van der Waals surface area contributed by atoms with Gasteiger partial charge in [0, 0.05) is 5.02 Å². The first-order valence-electron chi connectivity index (χ1n) is 9.15. The number of carbonyl (C=O) groups is 2. The van der Waals surface area contributed by atoms with Crippen LogP contribution in [0.25, 0.3) is 0 Å². The molecule has 1 N–H and O–H groups in total. The number of hydrogen-bond acceptors (Lipinski definition) is 4. The molecule has 2 saturated carbocycles. The van der Waals surface area contributed by atoms with Gasteiger partial charge in [0.2, 0.25) is 0 Å². The van der Waals surface area contributed by atoms with E-state index < -0.39 is 16.9 Å². The summed E-state index contributed by atoms with van der Waals surface area (Å²) in [4.78, 5) is 25.1. The van der Waals surface area contributed by atoms with Gasteiger partial charge < -0.3 is 10.1 Å². The molecule has 3 rings (SSSR count). The van der Waals surface area contributed by atoms with E-state index in [4.69, 9.17) is 16.3 Å². The lowest BCUT2D eigenvalue weighted by molar-refractivity contribution is -0.154. The SMILES string of the molecule is N#CC1(NC(=O)COC(=O)C2(c3ccc(Cl)cc3)CCCC2)CCCC1. The topological polar surface area (TPSA) is 79.2 Å². The second-order valence-electron chi connectivity index (χ2n) is 7.32. The fraction of sp³-hybridized carbons (Fsp3) is 0.550. The molecule has 5 nitrogen and oxygen atoms in total. The van der Waals surface area contributed by atoms with Gasteiger partial charge in [-0.2, -0.15) is 5.26 Å². The van der Waals surface area contributed by atoms with Crippen LogP contribution < -0.4 is 5.32 Å². The molecular weight excluding hydrogens is 352 g/mol. The minimum absolute atomic E-state index is 0.350. The number of esters is 1. The molecule has 0 aromatic heterocycles. The fourth-order valence-electron chi connectivity index (χ4n) is 4.17. The lowest BCUT2D eigenvalue weighted by atomic mass is 9.79. The maximum Gasteiger partial charge on any atom is 0.317 e. The molecule has 2 aliphatic rings. The highest BCUT2D eigenvalue weighted by atomic mass is 35.5. The van der Waals surface area contributed by atoms with Crippen LogP contribution in [0.15, 0.2) is 24.3 Å². The van der Waals surface area contributed by atoms with Crippen LogP contribution in [-0.2, 0) is 19.7 Å². The highest BCUT2D eigenvalue weighted by molar-refractivity contribution is 6.30. The largest absolute Gasteiger partial charge is 0.455 e. The molecule has 2 fully saturated rings. The Kier molecular flexibility index (Phi) is 5.52. The van der Waals surface area contributed by atoms with Gasteiger partial charge in [-0.05, 0) is 56.2 Å². The van der Waals surface area contributed by atoms with Gasteiger partial charge in [0.15, 0.2) is 6.61 Å². The summed E-state index contributed by atoms with van der Waals surface area (Å²) in [5.41, 5.74) is -0.621. The molecule has 1 aromatic rings. The summed E-state index contributed by atoms with van der Waals surface area (Å²) in [7, 11) is 0. The first kappa shape index (κ1) is 18.7. The molecule has 0 unspecified atom stereocenters. The predicted octanol–water partition coefficient (Wildman–Crippen LogP) is 3.65. The van der Waals surface area contributed by atoms with Crippen LogP contribution in [0.1, 0.15) is 56.9 Å². The number of carbonyl (C=O) groups excluding carboxylic acids is 2. The Morgan fingerprint density at radius 3 is 2.23 bits per heavy atom. The van der Waals surface area contributed by atoms with Gasteiger partial charge >= 0.3 is 5.97 Å². The molecule has 0 atom stereocenters. The van der Waals surface area contributed by atoms with Crippen molar-refractivity contribution in [2.24, 2.45) is 0 Å². The van der Waals surface area contributed by atoms with Crippen molar-refractivity contribution in [3.8, 4) is 6.07 Å². The van der Waals surface area contributed by atoms with Gasteiger partial charge in [-0.15, -0.1) is 0 Å². The second kappa shape index (κ2) is 7.67. The van der Waals surface area contributed by atoms with Crippen LogP contribution in [0, 0.1) is 11.3 Å². The summed E-state index contributed by atoms with van der Waals surface area (Å²) in [5, 5.41) is 12.7. The number of nitrogens with one attached hydrogen (secondary N) is 1. The van der Waals surface area contributed by atoms with Crippen LogP contribution in [-0.4, -0.2) is 24.0 Å². The van der Waals surface area contributed by atoms with Crippen LogP contribution >= 0.6 is 11.6 Å². The van der Waals surface area contributed by atoms with Crippen molar-refractivity contribution in [3.63, 3.8) is 0 Å². The number of nitrogens with zero attached hydrogens (tertiary/aromatic N) is 1. The van der Waals surface area contributed by atoms with E-state index in [9.17, 15) is 14.9 Å². The molecule has 0 heterocycles. The maximum absolute atomic E-state index is 12.8. The Bertz CT molecular complexity index is 712. The number of amides is 1. The van der Waals surface area contributed by atoms with Gasteiger partial charge in [-0.1, -0.05) is 36.6 Å². The van der Waals surface area contributed by atoms with Crippen molar-refractivity contribution in [1.82, 2.24) is 5.32 Å². The van der Waals surface area contributed by atoms with Gasteiger partial charge in [-0.25, -0.2) is 0 Å². The average Bonchev–Trinajstić information content (AvgIpc) is 3.31. The molecule has 6 heteroatoms. The first-order chi connectivity index (χ1) is 12.5. The highest BCUT2D eigenvalue weighted by Gasteiger charge is 2.44. The van der Waals surface area contributed by atoms with Crippen LogP contribution in [0.2, 0.25) is 5.02 Å². The fourth-order valence-corrected chi connectivity index (χ4v) is 4.30. The molecule has 0 radical (unpaired) electrons. The Morgan fingerprint density at radius 1 is 1.08 bits per heavy atom. The lowest BCUT2D eigenvalue weighted by Crippen LogP contribution is -2.47. The monoisotopic (exact) mass is 374 g/mol. The standard InChI is InChI=1S/C20H23ClN2O3/c21-16-7-5-15(6-8-16)20(11-3-4-12-20)18(25)26-13-17(24)23-19(14-22)9-1-2-10-19/h5-8H,1-4,9-13H2,(H,23,24). The third-order valence-electron chi connectivity index (χ3n) is 5.63. The van der Waals surface area contributed by atoms with Crippen molar-refractivity contribution in [2.45, 2.75) is 62.3 Å². The van der Waals surface area contributed by atoms with Crippen molar-refractivity contribution >= 4 is 23.5 Å². The smallest absolute Gasteiger partial charge is 0.317 e. The third kappa shape index (κ3) is 3.71. The number of halogens is 1. The molecule has 1 aromatic carbocycles. The summed E-state index contributed by atoms with van der Waals surface area (Å²) in [5.74, 6) is -0.782. The summed E-state index contributed by atoms with van der Waals surface area (Å²) < 4.78 is 5.38. The van der Waals surface area contributed by atoms with E-state index in [1.807, 2.05) is 12.1 Å². The van der Waals surface area contributed by atoms with Crippen molar-refractivity contribution in [3.05, 3.63) is 34.9 Å². The van der Waals surface area contributed by atoms with Gasteiger partial charge in [0.1, 0.15) is 5.54 Å². The molecule has 0 spiro atoms. The predicted molar refractivity (Wildman–Crippen MR) is 97.5 cm³/mol. The Morgan fingerprint density at radius 2 is 1.65 bits per heavy atom. The molecule has 2 aliphatic carbocycles. The third-order valence-corrected chi connectivity index (χ3v) is 5.88. The average molecular weight is 375 g/mol. The van der Waals surface area contributed by atoms with Crippen molar-refractivity contribution in [2.75, 3.05) is 6.61 Å². The Hall–Kier alpha value is -2.06. The minimum atomic E-state index is -0.801. The quantitative estimate of drug-likeness (QED) is 0.798. The van der Waals surface area contributed by atoms with Crippen LogP contribution in [0.4, 0.5) is 0 Å².